The van der Waals surface area contributed by atoms with E-state index in [4.69, 9.17) is 4.98 Å². The summed E-state index contributed by atoms with van der Waals surface area (Å²) in [4.78, 5) is 15.8. The maximum absolute atomic E-state index is 5.13. The Morgan fingerprint density at radius 2 is 1.14 bits per heavy atom. The first-order chi connectivity index (χ1) is 24.2. The number of fused-ring (bicyclic) bond motifs is 4. The summed E-state index contributed by atoms with van der Waals surface area (Å²) in [5.41, 5.74) is 11.0. The van der Waals surface area contributed by atoms with E-state index in [0.29, 0.717) is 0 Å². The van der Waals surface area contributed by atoms with Gasteiger partial charge in [0.15, 0.2) is 0 Å². The quantitative estimate of drug-likeness (QED) is 0.178. The van der Waals surface area contributed by atoms with E-state index in [2.05, 4.69) is 136 Å². The average molecular weight is 628 g/mol. The zero-order chi connectivity index (χ0) is 32.5. The Kier molecular flexibility index (Phi) is 6.02. The fourth-order valence-corrected chi connectivity index (χ4v) is 7.66. The highest BCUT2D eigenvalue weighted by atomic mass is 15.1. The van der Waals surface area contributed by atoms with E-state index in [9.17, 15) is 0 Å². The minimum absolute atomic E-state index is 1.02. The van der Waals surface area contributed by atoms with Gasteiger partial charge in [-0.25, -0.2) is 0 Å². The van der Waals surface area contributed by atoms with E-state index < -0.39 is 0 Å². The van der Waals surface area contributed by atoms with Crippen molar-refractivity contribution in [3.05, 3.63) is 164 Å². The van der Waals surface area contributed by atoms with Crippen molar-refractivity contribution in [2.24, 2.45) is 0 Å². The molecule has 0 fully saturated rings. The molecule has 4 aromatic heterocycles. The van der Waals surface area contributed by atoms with Crippen LogP contribution in [0.15, 0.2) is 158 Å². The van der Waals surface area contributed by atoms with Crippen molar-refractivity contribution < 1.29 is 0 Å². The molecule has 0 aliphatic carbocycles. The van der Waals surface area contributed by atoms with Gasteiger partial charge in [0.1, 0.15) is 0 Å². The van der Waals surface area contributed by atoms with Gasteiger partial charge in [0.05, 0.1) is 16.6 Å². The minimum atomic E-state index is 1.02. The van der Waals surface area contributed by atoms with Gasteiger partial charge in [-0.2, -0.15) is 0 Å². The second-order valence-electron chi connectivity index (χ2n) is 12.6. The molecule has 0 unspecified atom stereocenters. The van der Waals surface area contributed by atoms with Gasteiger partial charge in [-0.1, -0.05) is 66.7 Å². The predicted molar refractivity (Wildman–Crippen MR) is 203 cm³/mol. The van der Waals surface area contributed by atoms with E-state index in [-0.39, 0.29) is 0 Å². The first-order valence-corrected chi connectivity index (χ1v) is 16.5. The Labute approximate surface area is 282 Å². The Bertz CT molecular complexity index is 2770. The van der Waals surface area contributed by atoms with Crippen molar-refractivity contribution in [1.82, 2.24) is 19.5 Å². The van der Waals surface area contributed by atoms with Gasteiger partial charge in [0.25, 0.3) is 0 Å². The number of hydrogen-bond acceptors (Lipinski definition) is 4. The second-order valence-corrected chi connectivity index (χ2v) is 12.6. The third-order valence-corrected chi connectivity index (χ3v) is 9.79. The van der Waals surface area contributed by atoms with Crippen LogP contribution in [-0.2, 0) is 0 Å². The highest BCUT2D eigenvalue weighted by molar-refractivity contribution is 6.33. The average Bonchev–Trinajstić information content (AvgIpc) is 3.48. The van der Waals surface area contributed by atoms with Crippen LogP contribution < -0.4 is 4.90 Å². The van der Waals surface area contributed by atoms with Crippen LogP contribution in [0.25, 0.3) is 71.1 Å². The van der Waals surface area contributed by atoms with Gasteiger partial charge < -0.3 is 9.47 Å². The summed E-state index contributed by atoms with van der Waals surface area (Å²) >= 11 is 0. The smallest absolute Gasteiger partial charge is 0.0972 e. The molecular weight excluding hydrogens is 599 g/mol. The van der Waals surface area contributed by atoms with E-state index in [1.807, 2.05) is 49.1 Å². The van der Waals surface area contributed by atoms with Crippen LogP contribution in [-0.4, -0.2) is 19.5 Å². The molecule has 10 rings (SSSR count). The molecule has 49 heavy (non-hydrogen) atoms. The summed E-state index contributed by atoms with van der Waals surface area (Å²) < 4.78 is 2.36. The molecule has 0 saturated heterocycles. The number of aryl methyl sites for hydroxylation is 1. The second kappa shape index (κ2) is 10.7. The summed E-state index contributed by atoms with van der Waals surface area (Å²) in [7, 11) is 0. The van der Waals surface area contributed by atoms with Gasteiger partial charge in [-0.05, 0) is 117 Å². The van der Waals surface area contributed by atoms with Gasteiger partial charge in [-0.3, -0.25) is 15.0 Å². The van der Waals surface area contributed by atoms with Gasteiger partial charge in [0, 0.05) is 58.6 Å². The largest absolute Gasteiger partial charge is 0.310 e. The number of benzene rings is 6. The fourth-order valence-electron chi connectivity index (χ4n) is 7.66. The molecule has 0 aliphatic heterocycles. The van der Waals surface area contributed by atoms with Crippen LogP contribution >= 0.6 is 0 Å². The normalized spacial score (nSPS) is 11.8. The van der Waals surface area contributed by atoms with E-state index >= 15 is 0 Å². The molecule has 5 heteroatoms. The standard InChI is InChI=1S/C44H29N5/c1-28-7-18-39-44(47-28)43-38-17-11-30-10-15-36(37-16-12-31(42(38)41(30)37)27-40(43)49(39)32-5-3-2-4-6-32)29-8-13-33(14-9-29)48(34-19-23-45-24-20-34)35-21-25-46-26-22-35/h2-27H,1H3. The molecule has 0 bridgehead atoms. The summed E-state index contributed by atoms with van der Waals surface area (Å²) in [6.07, 6.45) is 7.31. The first kappa shape index (κ1) is 27.5. The summed E-state index contributed by atoms with van der Waals surface area (Å²) in [5.74, 6) is 0. The topological polar surface area (TPSA) is 46.8 Å². The molecule has 0 aliphatic rings. The number of anilines is 3. The van der Waals surface area contributed by atoms with Crippen molar-refractivity contribution in [3.8, 4) is 16.8 Å². The summed E-state index contributed by atoms with van der Waals surface area (Å²) in [6.45, 7) is 2.08. The lowest BCUT2D eigenvalue weighted by atomic mass is 9.88. The molecule has 5 nitrogen and oxygen atoms in total. The number of aromatic nitrogens is 4. The molecule has 0 saturated carbocycles. The van der Waals surface area contributed by atoms with Crippen LogP contribution in [0.4, 0.5) is 17.1 Å². The molecule has 0 amide bonds. The van der Waals surface area contributed by atoms with Crippen LogP contribution in [0.2, 0.25) is 0 Å². The van der Waals surface area contributed by atoms with Crippen LogP contribution in [0.3, 0.4) is 0 Å². The number of nitrogens with zero attached hydrogens (tertiary/aromatic N) is 5. The Morgan fingerprint density at radius 1 is 0.510 bits per heavy atom. The molecule has 6 aromatic carbocycles. The predicted octanol–water partition coefficient (Wildman–Crippen LogP) is 11.3. The number of pyridine rings is 3. The van der Waals surface area contributed by atoms with Crippen molar-refractivity contribution in [2.45, 2.75) is 6.92 Å². The molecule has 10 aromatic rings. The zero-order valence-electron chi connectivity index (χ0n) is 26.7. The molecule has 0 spiro atoms. The summed E-state index contributed by atoms with van der Waals surface area (Å²) in [6, 6.07) is 48.0. The van der Waals surface area contributed by atoms with Crippen molar-refractivity contribution in [3.63, 3.8) is 0 Å². The SMILES string of the molecule is Cc1ccc2c(n1)c1c3ccc4ccc(-c5ccc(N(c6ccncc6)c6ccncc6)cc5)c5ccc(cc1n2-c1ccccc1)c3c45. The highest BCUT2D eigenvalue weighted by Crippen LogP contribution is 2.45. The minimum Gasteiger partial charge on any atom is -0.310 e. The maximum atomic E-state index is 5.13. The molecule has 0 atom stereocenters. The molecular formula is C44H29N5. The lowest BCUT2D eigenvalue weighted by molar-refractivity contribution is 1.17. The third kappa shape index (κ3) is 4.22. The van der Waals surface area contributed by atoms with Gasteiger partial charge >= 0.3 is 0 Å². The van der Waals surface area contributed by atoms with Gasteiger partial charge in [-0.15, -0.1) is 0 Å². The van der Waals surface area contributed by atoms with E-state index in [1.54, 1.807) is 0 Å². The van der Waals surface area contributed by atoms with Crippen LogP contribution in [0.1, 0.15) is 5.69 Å². The third-order valence-electron chi connectivity index (χ3n) is 9.79. The van der Waals surface area contributed by atoms with Crippen molar-refractivity contribution >= 4 is 71.3 Å². The lowest BCUT2D eigenvalue weighted by Crippen LogP contribution is -2.09. The number of para-hydroxylation sites is 1. The zero-order valence-corrected chi connectivity index (χ0v) is 26.7. The van der Waals surface area contributed by atoms with Crippen molar-refractivity contribution in [2.75, 3.05) is 4.90 Å². The Morgan fingerprint density at radius 3 is 1.88 bits per heavy atom. The van der Waals surface area contributed by atoms with E-state index in [1.165, 1.54) is 54.3 Å². The molecule has 0 radical (unpaired) electrons. The van der Waals surface area contributed by atoms with Gasteiger partial charge in [0.2, 0.25) is 0 Å². The number of rotatable bonds is 5. The monoisotopic (exact) mass is 627 g/mol. The Hall–Kier alpha value is -6.59. The highest BCUT2D eigenvalue weighted by Gasteiger charge is 2.21. The Balaban J connectivity index is 1.18. The van der Waals surface area contributed by atoms with Crippen molar-refractivity contribution in [1.29, 1.82) is 0 Å². The summed E-state index contributed by atoms with van der Waals surface area (Å²) in [5, 5.41) is 8.74. The van der Waals surface area contributed by atoms with Crippen LogP contribution in [0, 0.1) is 6.92 Å². The molecule has 4 heterocycles. The first-order valence-electron chi connectivity index (χ1n) is 16.5. The van der Waals surface area contributed by atoms with Crippen LogP contribution in [0.5, 0.6) is 0 Å². The molecule has 0 N–H and O–H groups in total. The van der Waals surface area contributed by atoms with E-state index in [0.717, 1.165) is 39.5 Å². The number of hydrogen-bond donors (Lipinski definition) is 0. The lowest BCUT2D eigenvalue weighted by Gasteiger charge is -2.25. The molecule has 230 valence electrons. The fraction of sp³-hybridized carbons (Fsp3) is 0.0227. The maximum Gasteiger partial charge on any atom is 0.0972 e.